The first-order valence-corrected chi connectivity index (χ1v) is 10.3. The third-order valence-corrected chi connectivity index (χ3v) is 5.03. The second kappa shape index (κ2) is 11.8. The highest BCUT2D eigenvalue weighted by Gasteiger charge is 2.30. The van der Waals surface area contributed by atoms with Crippen LogP contribution >= 0.6 is 0 Å². The minimum absolute atomic E-state index is 0.00454. The summed E-state index contributed by atoms with van der Waals surface area (Å²) in [4.78, 5) is 66.7. The van der Waals surface area contributed by atoms with Crippen molar-refractivity contribution < 1.29 is 29.1 Å². The molecule has 4 unspecified atom stereocenters. The maximum atomic E-state index is 12.8. The molecule has 0 aliphatic carbocycles. The number of aromatic amines is 1. The molecule has 0 aromatic carbocycles. The van der Waals surface area contributed by atoms with E-state index in [9.17, 15) is 29.1 Å². The quantitative estimate of drug-likeness (QED) is 0.181. The topological polar surface area (TPSA) is 208 Å². The van der Waals surface area contributed by atoms with Gasteiger partial charge >= 0.3 is 5.97 Å². The molecular weight excluding hydrogens is 422 g/mol. The third-order valence-electron chi connectivity index (χ3n) is 5.03. The van der Waals surface area contributed by atoms with Crippen LogP contribution in [0.5, 0.6) is 0 Å². The first-order valence-electron chi connectivity index (χ1n) is 10.3. The highest BCUT2D eigenvalue weighted by atomic mass is 16.4. The number of carbonyl (C=O) groups excluding carboxylic acids is 4. The van der Waals surface area contributed by atoms with Gasteiger partial charge in [0, 0.05) is 24.7 Å². The average molecular weight is 451 g/mol. The normalized spacial score (nSPS) is 18.2. The van der Waals surface area contributed by atoms with E-state index in [2.05, 4.69) is 31.2 Å². The Morgan fingerprint density at radius 3 is 2.47 bits per heavy atom. The number of nitrogens with two attached hydrogens (primary N) is 1. The van der Waals surface area contributed by atoms with E-state index >= 15 is 0 Å². The summed E-state index contributed by atoms with van der Waals surface area (Å²) in [6.45, 7) is 2.21. The second-order valence-electron chi connectivity index (χ2n) is 7.63. The molecular formula is C19H29N7O6. The molecule has 0 saturated carbocycles. The number of carboxylic acid groups (broad SMARTS) is 1. The van der Waals surface area contributed by atoms with E-state index in [1.54, 1.807) is 0 Å². The molecule has 1 aromatic heterocycles. The Labute approximate surface area is 184 Å². The van der Waals surface area contributed by atoms with E-state index in [1.807, 2.05) is 0 Å². The smallest absolute Gasteiger partial charge is 0.326 e. The van der Waals surface area contributed by atoms with Crippen molar-refractivity contribution >= 4 is 29.6 Å². The molecule has 2 rings (SSSR count). The number of aliphatic carboxylic acids is 1. The summed E-state index contributed by atoms with van der Waals surface area (Å²) in [5.74, 6) is -3.72. The Kier molecular flexibility index (Phi) is 9.13. The van der Waals surface area contributed by atoms with Crippen LogP contribution < -0.4 is 27.0 Å². The lowest BCUT2D eigenvalue weighted by molar-refractivity contribution is -0.142. The van der Waals surface area contributed by atoms with Gasteiger partial charge in [0.25, 0.3) is 0 Å². The molecule has 1 saturated heterocycles. The van der Waals surface area contributed by atoms with Crippen molar-refractivity contribution in [1.29, 1.82) is 0 Å². The highest BCUT2D eigenvalue weighted by molar-refractivity contribution is 5.94. The number of imidazole rings is 1. The molecule has 1 aromatic rings. The van der Waals surface area contributed by atoms with E-state index in [-0.39, 0.29) is 31.2 Å². The number of rotatable bonds is 12. The molecule has 13 heteroatoms. The van der Waals surface area contributed by atoms with Gasteiger partial charge in [-0.1, -0.05) is 0 Å². The maximum absolute atomic E-state index is 12.8. The lowest BCUT2D eigenvalue weighted by Crippen LogP contribution is -2.57. The van der Waals surface area contributed by atoms with Gasteiger partial charge in [0.1, 0.15) is 18.1 Å². The molecule has 32 heavy (non-hydrogen) atoms. The zero-order valence-electron chi connectivity index (χ0n) is 17.7. The minimum atomic E-state index is -1.36. The first kappa shape index (κ1) is 24.8. The largest absolute Gasteiger partial charge is 0.480 e. The molecule has 4 atom stereocenters. The van der Waals surface area contributed by atoms with Gasteiger partial charge < -0.3 is 37.1 Å². The molecule has 1 aliphatic rings. The van der Waals surface area contributed by atoms with Gasteiger partial charge in [-0.25, -0.2) is 9.78 Å². The molecule has 4 amide bonds. The Morgan fingerprint density at radius 1 is 1.19 bits per heavy atom. The van der Waals surface area contributed by atoms with Crippen LogP contribution in [0.25, 0.3) is 0 Å². The molecule has 13 nitrogen and oxygen atoms in total. The lowest BCUT2D eigenvalue weighted by Gasteiger charge is -2.23. The monoisotopic (exact) mass is 451 g/mol. The van der Waals surface area contributed by atoms with Crippen LogP contribution in [0.4, 0.5) is 0 Å². The second-order valence-corrected chi connectivity index (χ2v) is 7.63. The molecule has 2 heterocycles. The molecule has 1 fully saturated rings. The predicted octanol–water partition coefficient (Wildman–Crippen LogP) is -2.47. The lowest BCUT2D eigenvalue weighted by atomic mass is 10.1. The fourth-order valence-corrected chi connectivity index (χ4v) is 3.23. The number of H-pyrrole nitrogens is 1. The number of carbonyl (C=O) groups is 5. The van der Waals surface area contributed by atoms with Gasteiger partial charge in [0.05, 0.1) is 12.4 Å². The van der Waals surface area contributed by atoms with Crippen molar-refractivity contribution in [2.24, 2.45) is 5.73 Å². The average Bonchev–Trinajstić information content (AvgIpc) is 3.43. The van der Waals surface area contributed by atoms with Crippen molar-refractivity contribution in [3.63, 3.8) is 0 Å². The summed E-state index contributed by atoms with van der Waals surface area (Å²) in [7, 11) is 0. The van der Waals surface area contributed by atoms with Gasteiger partial charge in [0.15, 0.2) is 0 Å². The molecule has 8 N–H and O–H groups in total. The standard InChI is InChI=1S/C19H29N7O6/c1-10(24-17(29)12-3-2-6-22-12)16(28)26-14(7-11-8-21-9-23-11)18(30)25-13(19(31)32)4-5-15(20)27/h8-10,12-14,22H,2-7H2,1H3,(H2,20,27)(H,21,23)(H,24,29)(H,25,30)(H,26,28)(H,31,32). The van der Waals surface area contributed by atoms with Crippen LogP contribution in [0.1, 0.15) is 38.3 Å². The van der Waals surface area contributed by atoms with Gasteiger partial charge in [-0.15, -0.1) is 0 Å². The summed E-state index contributed by atoms with van der Waals surface area (Å²) >= 11 is 0. The van der Waals surface area contributed by atoms with Gasteiger partial charge in [-0.2, -0.15) is 0 Å². The summed E-state index contributed by atoms with van der Waals surface area (Å²) < 4.78 is 0. The number of nitrogens with one attached hydrogen (secondary N) is 5. The zero-order chi connectivity index (χ0) is 23.7. The summed E-state index contributed by atoms with van der Waals surface area (Å²) in [6.07, 6.45) is 3.99. The summed E-state index contributed by atoms with van der Waals surface area (Å²) in [5, 5.41) is 19.8. The maximum Gasteiger partial charge on any atom is 0.326 e. The van der Waals surface area contributed by atoms with E-state index < -0.39 is 41.8 Å². The van der Waals surface area contributed by atoms with Crippen molar-refractivity contribution in [1.82, 2.24) is 31.2 Å². The van der Waals surface area contributed by atoms with Crippen LogP contribution in [0, 0.1) is 0 Å². The molecule has 176 valence electrons. The summed E-state index contributed by atoms with van der Waals surface area (Å²) in [5.41, 5.74) is 5.58. The van der Waals surface area contributed by atoms with E-state index in [0.29, 0.717) is 12.1 Å². The van der Waals surface area contributed by atoms with Gasteiger partial charge in [-0.05, 0) is 32.7 Å². The minimum Gasteiger partial charge on any atom is -0.480 e. The van der Waals surface area contributed by atoms with Gasteiger partial charge in [0.2, 0.25) is 23.6 Å². The third kappa shape index (κ3) is 7.65. The molecule has 0 spiro atoms. The number of aromatic nitrogens is 2. The van der Waals surface area contributed by atoms with Crippen LogP contribution in [0.2, 0.25) is 0 Å². The van der Waals surface area contributed by atoms with Crippen molar-refractivity contribution in [3.05, 3.63) is 18.2 Å². The number of primary amides is 1. The van der Waals surface area contributed by atoms with Crippen LogP contribution in [-0.2, 0) is 30.4 Å². The number of nitrogens with zero attached hydrogens (tertiary/aromatic N) is 1. The zero-order valence-corrected chi connectivity index (χ0v) is 17.7. The first-order chi connectivity index (χ1) is 15.2. The predicted molar refractivity (Wildman–Crippen MR) is 111 cm³/mol. The van der Waals surface area contributed by atoms with Crippen LogP contribution in [-0.4, -0.2) is 75.4 Å². The number of carboxylic acids is 1. The van der Waals surface area contributed by atoms with Crippen molar-refractivity contribution in [3.8, 4) is 0 Å². The van der Waals surface area contributed by atoms with E-state index in [4.69, 9.17) is 5.73 Å². The Bertz CT molecular complexity index is 822. The van der Waals surface area contributed by atoms with E-state index in [0.717, 1.165) is 13.0 Å². The summed E-state index contributed by atoms with van der Waals surface area (Å²) in [6, 6.07) is -3.80. The molecule has 0 bridgehead atoms. The number of amides is 4. The van der Waals surface area contributed by atoms with Gasteiger partial charge in [-0.3, -0.25) is 19.2 Å². The SMILES string of the molecule is CC(NC(=O)C1CCCN1)C(=O)NC(Cc1cnc[nH]1)C(=O)NC(CCC(N)=O)C(=O)O. The fraction of sp³-hybridized carbons (Fsp3) is 0.579. The van der Waals surface area contributed by atoms with Crippen molar-refractivity contribution in [2.75, 3.05) is 6.54 Å². The highest BCUT2D eigenvalue weighted by Crippen LogP contribution is 2.06. The Hall–Kier alpha value is -3.48. The fourth-order valence-electron chi connectivity index (χ4n) is 3.23. The van der Waals surface area contributed by atoms with Crippen LogP contribution in [0.15, 0.2) is 12.5 Å². The number of hydrogen-bond donors (Lipinski definition) is 7. The number of hydrogen-bond acceptors (Lipinski definition) is 7. The molecule has 0 radical (unpaired) electrons. The van der Waals surface area contributed by atoms with Crippen LogP contribution in [0.3, 0.4) is 0 Å². The Morgan fingerprint density at radius 2 is 1.91 bits per heavy atom. The van der Waals surface area contributed by atoms with E-state index in [1.165, 1.54) is 19.4 Å². The molecule has 1 aliphatic heterocycles. The Balaban J connectivity index is 2.03. The van der Waals surface area contributed by atoms with Crippen molar-refractivity contribution in [2.45, 2.75) is 63.2 Å².